The molecule has 0 radical (unpaired) electrons. The van der Waals surface area contributed by atoms with Gasteiger partial charge in [-0.15, -0.1) is 0 Å². The number of furan rings is 1. The molecule has 5 heteroatoms. The van der Waals surface area contributed by atoms with Crippen molar-refractivity contribution in [3.63, 3.8) is 0 Å². The number of rotatable bonds is 6. The van der Waals surface area contributed by atoms with E-state index in [2.05, 4.69) is 0 Å². The number of hydrogen-bond donors (Lipinski definition) is 2. The van der Waals surface area contributed by atoms with E-state index in [-0.39, 0.29) is 6.42 Å². The summed E-state index contributed by atoms with van der Waals surface area (Å²) in [5.41, 5.74) is 10.9. The van der Waals surface area contributed by atoms with Crippen LogP contribution in [0, 0.1) is 0 Å². The van der Waals surface area contributed by atoms with Crippen LogP contribution < -0.4 is 10.5 Å². The van der Waals surface area contributed by atoms with Gasteiger partial charge in [0.25, 0.3) is 0 Å². The Kier molecular flexibility index (Phi) is 4.72. The molecule has 28 heavy (non-hydrogen) atoms. The van der Waals surface area contributed by atoms with Gasteiger partial charge in [-0.1, -0.05) is 30.3 Å². The summed E-state index contributed by atoms with van der Waals surface area (Å²) < 4.78 is 11.6. The van der Waals surface area contributed by atoms with E-state index in [1.807, 2.05) is 48.5 Å². The smallest absolute Gasteiger partial charge is 0.307 e. The standard InChI is InChI=1S/C23H19NO4/c24-19-6-3-5-16(12-19)20-11-15(10-18-8-9-27-23(18)20)14-28-21-7-2-1-4-17(21)13-22(25)26/h1-12H,13-14,24H2,(H,25,26). The summed E-state index contributed by atoms with van der Waals surface area (Å²) in [5, 5.41) is 10.0. The molecule has 0 aliphatic heterocycles. The number of benzene rings is 3. The minimum atomic E-state index is -0.889. The average Bonchev–Trinajstić information content (AvgIpc) is 3.15. The maximum absolute atomic E-state index is 11.1. The van der Waals surface area contributed by atoms with Gasteiger partial charge in [0.1, 0.15) is 17.9 Å². The largest absolute Gasteiger partial charge is 0.489 e. The first-order chi connectivity index (χ1) is 13.6. The molecule has 140 valence electrons. The minimum Gasteiger partial charge on any atom is -0.489 e. The summed E-state index contributed by atoms with van der Waals surface area (Å²) in [6.07, 6.45) is 1.58. The highest BCUT2D eigenvalue weighted by molar-refractivity contribution is 5.93. The monoisotopic (exact) mass is 373 g/mol. The second kappa shape index (κ2) is 7.48. The lowest BCUT2D eigenvalue weighted by atomic mass is 10.00. The van der Waals surface area contributed by atoms with Crippen molar-refractivity contribution < 1.29 is 19.1 Å². The minimum absolute atomic E-state index is 0.0779. The summed E-state index contributed by atoms with van der Waals surface area (Å²) in [7, 11) is 0. The van der Waals surface area contributed by atoms with Gasteiger partial charge in [-0.05, 0) is 47.5 Å². The highest BCUT2D eigenvalue weighted by atomic mass is 16.5. The normalized spacial score (nSPS) is 10.9. The SMILES string of the molecule is Nc1cccc(-c2cc(COc3ccccc3CC(=O)O)cc3ccoc23)c1. The van der Waals surface area contributed by atoms with Gasteiger partial charge in [0.15, 0.2) is 0 Å². The van der Waals surface area contributed by atoms with Crippen molar-refractivity contribution in [2.75, 3.05) is 5.73 Å². The Labute approximate surface area is 162 Å². The number of aliphatic carboxylic acids is 1. The van der Waals surface area contributed by atoms with Crippen LogP contribution in [-0.4, -0.2) is 11.1 Å². The molecule has 4 aromatic rings. The Balaban J connectivity index is 1.66. The van der Waals surface area contributed by atoms with Crippen LogP contribution in [0.3, 0.4) is 0 Å². The Bertz CT molecular complexity index is 1150. The number of hydrogen-bond acceptors (Lipinski definition) is 4. The summed E-state index contributed by atoms with van der Waals surface area (Å²) in [6.45, 7) is 0.313. The summed E-state index contributed by atoms with van der Waals surface area (Å²) in [5.74, 6) is -0.317. The molecule has 0 atom stereocenters. The van der Waals surface area contributed by atoms with Crippen molar-refractivity contribution in [2.45, 2.75) is 13.0 Å². The van der Waals surface area contributed by atoms with E-state index >= 15 is 0 Å². The molecule has 1 heterocycles. The van der Waals surface area contributed by atoms with E-state index in [1.165, 1.54) is 0 Å². The molecule has 0 aliphatic rings. The molecule has 0 unspecified atom stereocenters. The van der Waals surface area contributed by atoms with E-state index in [4.69, 9.17) is 20.0 Å². The average molecular weight is 373 g/mol. The van der Waals surface area contributed by atoms with Gasteiger partial charge in [-0.2, -0.15) is 0 Å². The van der Waals surface area contributed by atoms with Crippen molar-refractivity contribution in [1.29, 1.82) is 0 Å². The maximum Gasteiger partial charge on any atom is 0.307 e. The maximum atomic E-state index is 11.1. The Hall–Kier alpha value is -3.73. The van der Waals surface area contributed by atoms with Crippen molar-refractivity contribution in [3.8, 4) is 16.9 Å². The highest BCUT2D eigenvalue weighted by Gasteiger charge is 2.12. The van der Waals surface area contributed by atoms with Gasteiger partial charge in [-0.25, -0.2) is 0 Å². The zero-order valence-electron chi connectivity index (χ0n) is 15.1. The third-order valence-electron chi connectivity index (χ3n) is 4.52. The van der Waals surface area contributed by atoms with Crippen molar-refractivity contribution in [2.24, 2.45) is 0 Å². The highest BCUT2D eigenvalue weighted by Crippen LogP contribution is 2.32. The molecule has 0 saturated carbocycles. The lowest BCUT2D eigenvalue weighted by molar-refractivity contribution is -0.136. The number of anilines is 1. The molecule has 3 aromatic carbocycles. The van der Waals surface area contributed by atoms with E-state index in [0.717, 1.165) is 27.7 Å². The van der Waals surface area contributed by atoms with E-state index in [1.54, 1.807) is 24.5 Å². The molecule has 4 rings (SSSR count). The lowest BCUT2D eigenvalue weighted by Crippen LogP contribution is -2.04. The van der Waals surface area contributed by atoms with Gasteiger partial charge in [-0.3, -0.25) is 4.79 Å². The summed E-state index contributed by atoms with van der Waals surface area (Å²) >= 11 is 0. The Morgan fingerprint density at radius 3 is 2.71 bits per heavy atom. The number of carboxylic acid groups (broad SMARTS) is 1. The lowest BCUT2D eigenvalue weighted by Gasteiger charge is -2.12. The number of ether oxygens (including phenoxy) is 1. The van der Waals surface area contributed by atoms with E-state index in [0.29, 0.717) is 23.6 Å². The van der Waals surface area contributed by atoms with Crippen LogP contribution >= 0.6 is 0 Å². The van der Waals surface area contributed by atoms with Crippen LogP contribution in [0.4, 0.5) is 5.69 Å². The predicted octanol–water partition coefficient (Wildman–Crippen LogP) is 4.89. The first kappa shape index (κ1) is 17.7. The number of nitrogen functional groups attached to an aromatic ring is 1. The summed E-state index contributed by atoms with van der Waals surface area (Å²) in [6, 6.07) is 20.8. The van der Waals surface area contributed by atoms with Crippen LogP contribution in [0.2, 0.25) is 0 Å². The van der Waals surface area contributed by atoms with Crippen LogP contribution in [0.5, 0.6) is 5.75 Å². The first-order valence-electron chi connectivity index (χ1n) is 8.89. The number of carbonyl (C=O) groups is 1. The molecule has 0 spiro atoms. The number of nitrogens with two attached hydrogens (primary N) is 1. The van der Waals surface area contributed by atoms with Gasteiger partial charge in [0, 0.05) is 22.2 Å². The molecular formula is C23H19NO4. The predicted molar refractivity (Wildman–Crippen MR) is 108 cm³/mol. The van der Waals surface area contributed by atoms with Crippen molar-refractivity contribution in [1.82, 2.24) is 0 Å². The van der Waals surface area contributed by atoms with Gasteiger partial charge < -0.3 is 20.0 Å². The van der Waals surface area contributed by atoms with Crippen LogP contribution in [0.25, 0.3) is 22.1 Å². The quantitative estimate of drug-likeness (QED) is 0.470. The van der Waals surface area contributed by atoms with Crippen LogP contribution in [-0.2, 0) is 17.8 Å². The molecule has 0 saturated heterocycles. The molecular weight excluding hydrogens is 354 g/mol. The number of para-hydroxylation sites is 1. The molecule has 0 amide bonds. The molecule has 0 bridgehead atoms. The molecule has 5 nitrogen and oxygen atoms in total. The zero-order valence-corrected chi connectivity index (χ0v) is 15.1. The van der Waals surface area contributed by atoms with Gasteiger partial charge in [0.05, 0.1) is 12.7 Å². The fourth-order valence-electron chi connectivity index (χ4n) is 3.26. The third-order valence-corrected chi connectivity index (χ3v) is 4.52. The molecule has 0 aliphatic carbocycles. The first-order valence-corrected chi connectivity index (χ1v) is 8.89. The Morgan fingerprint density at radius 1 is 1.04 bits per heavy atom. The zero-order chi connectivity index (χ0) is 19.5. The van der Waals surface area contributed by atoms with Crippen molar-refractivity contribution >= 4 is 22.6 Å². The van der Waals surface area contributed by atoms with Gasteiger partial charge in [0.2, 0.25) is 0 Å². The number of carboxylic acids is 1. The molecule has 3 N–H and O–H groups in total. The third kappa shape index (κ3) is 3.69. The summed E-state index contributed by atoms with van der Waals surface area (Å²) in [4.78, 5) is 11.1. The second-order valence-electron chi connectivity index (χ2n) is 6.57. The van der Waals surface area contributed by atoms with Gasteiger partial charge >= 0.3 is 5.97 Å². The van der Waals surface area contributed by atoms with E-state index < -0.39 is 5.97 Å². The number of fused-ring (bicyclic) bond motifs is 1. The fourth-order valence-corrected chi connectivity index (χ4v) is 3.26. The second-order valence-corrected chi connectivity index (χ2v) is 6.57. The fraction of sp³-hybridized carbons (Fsp3) is 0.0870. The molecule has 0 fully saturated rings. The van der Waals surface area contributed by atoms with Crippen LogP contribution in [0.15, 0.2) is 77.4 Å². The van der Waals surface area contributed by atoms with Crippen LogP contribution in [0.1, 0.15) is 11.1 Å². The molecule has 1 aromatic heterocycles. The topological polar surface area (TPSA) is 85.7 Å². The van der Waals surface area contributed by atoms with Crippen molar-refractivity contribution in [3.05, 3.63) is 84.1 Å². The van der Waals surface area contributed by atoms with E-state index in [9.17, 15) is 4.79 Å². The Morgan fingerprint density at radius 2 is 1.89 bits per heavy atom.